The maximum absolute atomic E-state index is 12.8. The molecule has 0 bridgehead atoms. The van der Waals surface area contributed by atoms with E-state index in [1.54, 1.807) is 14.2 Å². The van der Waals surface area contributed by atoms with Crippen molar-refractivity contribution in [2.75, 3.05) is 32.2 Å². The van der Waals surface area contributed by atoms with Crippen LogP contribution in [0.25, 0.3) is 0 Å². The van der Waals surface area contributed by atoms with Crippen LogP contribution in [-0.4, -0.2) is 43.3 Å². The third kappa shape index (κ3) is 5.99. The van der Waals surface area contributed by atoms with Gasteiger partial charge in [0.25, 0.3) is 0 Å². The Bertz CT molecular complexity index is 1070. The van der Waals surface area contributed by atoms with Crippen molar-refractivity contribution in [3.8, 4) is 11.5 Å². The largest absolute Gasteiger partial charge is 0.497 e. The van der Waals surface area contributed by atoms with Crippen LogP contribution in [0.15, 0.2) is 48.5 Å². The van der Waals surface area contributed by atoms with Crippen molar-refractivity contribution < 1.29 is 14.3 Å². The molecule has 2 heterocycles. The van der Waals surface area contributed by atoms with Crippen molar-refractivity contribution in [1.82, 2.24) is 10.2 Å². The van der Waals surface area contributed by atoms with Crippen LogP contribution in [-0.2, 0) is 19.3 Å². The normalized spacial score (nSPS) is 18.1. The molecule has 0 amide bonds. The molecule has 6 nitrogen and oxygen atoms in total. The number of anilines is 1. The SMILES string of the molecule is COc1cc(CCc2cc(CC(=O)c3ccc(N4C[C@H](C)C[C@H](C)C4)cc3)[nH]n2)cc(OC)c1. The van der Waals surface area contributed by atoms with Crippen LogP contribution in [0, 0.1) is 11.8 Å². The molecule has 0 aliphatic carbocycles. The van der Waals surface area contributed by atoms with Gasteiger partial charge in [-0.2, -0.15) is 5.10 Å². The lowest BCUT2D eigenvalue weighted by Crippen LogP contribution is -2.38. The van der Waals surface area contributed by atoms with Gasteiger partial charge >= 0.3 is 0 Å². The molecule has 2 aromatic carbocycles. The minimum Gasteiger partial charge on any atom is -0.497 e. The Kier molecular flexibility index (Phi) is 7.56. The van der Waals surface area contributed by atoms with Gasteiger partial charge in [0.15, 0.2) is 5.78 Å². The van der Waals surface area contributed by atoms with Gasteiger partial charge in [0, 0.05) is 36.1 Å². The number of carbonyl (C=O) groups is 1. The molecule has 180 valence electrons. The Balaban J connectivity index is 1.33. The molecule has 0 radical (unpaired) electrons. The number of rotatable bonds is 9. The molecule has 1 fully saturated rings. The number of hydrogen-bond acceptors (Lipinski definition) is 5. The van der Waals surface area contributed by atoms with E-state index in [-0.39, 0.29) is 5.78 Å². The topological polar surface area (TPSA) is 67.5 Å². The average Bonchev–Trinajstić information content (AvgIpc) is 3.29. The number of hydrogen-bond donors (Lipinski definition) is 1. The number of Topliss-reactive ketones (excluding diaryl/α,β-unsaturated/α-hetero) is 1. The van der Waals surface area contributed by atoms with Crippen molar-refractivity contribution in [1.29, 1.82) is 0 Å². The molecular formula is C28H35N3O3. The molecule has 3 aromatic rings. The summed E-state index contributed by atoms with van der Waals surface area (Å²) >= 11 is 0. The predicted molar refractivity (Wildman–Crippen MR) is 135 cm³/mol. The van der Waals surface area contributed by atoms with E-state index in [0.717, 1.165) is 59.9 Å². The second-order valence-corrected chi connectivity index (χ2v) is 9.60. The molecule has 0 saturated carbocycles. The molecule has 0 spiro atoms. The van der Waals surface area contributed by atoms with Crippen LogP contribution in [0.3, 0.4) is 0 Å². The number of ketones is 1. The fourth-order valence-electron chi connectivity index (χ4n) is 4.92. The first kappa shape index (κ1) is 23.9. The van der Waals surface area contributed by atoms with Crippen LogP contribution in [0.2, 0.25) is 0 Å². The van der Waals surface area contributed by atoms with E-state index in [4.69, 9.17) is 9.47 Å². The van der Waals surface area contributed by atoms with Crippen LogP contribution in [0.1, 0.15) is 47.6 Å². The number of benzene rings is 2. The van der Waals surface area contributed by atoms with Crippen LogP contribution in [0.5, 0.6) is 11.5 Å². The van der Waals surface area contributed by atoms with E-state index < -0.39 is 0 Å². The number of nitrogens with zero attached hydrogens (tertiary/aromatic N) is 2. The summed E-state index contributed by atoms with van der Waals surface area (Å²) < 4.78 is 10.7. The quantitative estimate of drug-likeness (QED) is 0.448. The van der Waals surface area contributed by atoms with E-state index in [2.05, 4.69) is 41.1 Å². The van der Waals surface area contributed by atoms with Gasteiger partial charge in [-0.1, -0.05) is 13.8 Å². The van der Waals surface area contributed by atoms with Crippen LogP contribution >= 0.6 is 0 Å². The van der Waals surface area contributed by atoms with E-state index in [0.29, 0.717) is 18.3 Å². The zero-order chi connectivity index (χ0) is 24.1. The molecule has 4 rings (SSSR count). The molecule has 0 unspecified atom stereocenters. The maximum atomic E-state index is 12.8. The highest BCUT2D eigenvalue weighted by Crippen LogP contribution is 2.27. The fraction of sp³-hybridized carbons (Fsp3) is 0.429. The van der Waals surface area contributed by atoms with Crippen molar-refractivity contribution in [2.45, 2.75) is 39.5 Å². The summed E-state index contributed by atoms with van der Waals surface area (Å²) in [7, 11) is 3.30. The lowest BCUT2D eigenvalue weighted by Gasteiger charge is -2.36. The van der Waals surface area contributed by atoms with Crippen molar-refractivity contribution >= 4 is 11.5 Å². The van der Waals surface area contributed by atoms with Gasteiger partial charge in [-0.25, -0.2) is 0 Å². The standard InChI is InChI=1S/C28H35N3O3/c1-19-11-20(2)18-31(17-19)25-9-6-22(7-10-25)28(32)15-24-14-23(29-30-24)8-5-21-12-26(33-3)16-27(13-21)34-4/h6-7,9-10,12-14,16,19-20H,5,8,11,15,17-18H2,1-4H3,(H,29,30)/t19-,20+. The molecule has 1 aliphatic rings. The first-order valence-electron chi connectivity index (χ1n) is 12.1. The van der Waals surface area contributed by atoms with Crippen LogP contribution < -0.4 is 14.4 Å². The highest BCUT2D eigenvalue weighted by atomic mass is 16.5. The zero-order valence-electron chi connectivity index (χ0n) is 20.6. The second-order valence-electron chi connectivity index (χ2n) is 9.60. The smallest absolute Gasteiger partial charge is 0.168 e. The van der Waals surface area contributed by atoms with Gasteiger partial charge < -0.3 is 14.4 Å². The maximum Gasteiger partial charge on any atom is 0.168 e. The molecule has 1 saturated heterocycles. The number of aryl methyl sites for hydroxylation is 2. The lowest BCUT2D eigenvalue weighted by atomic mass is 9.91. The van der Waals surface area contributed by atoms with Gasteiger partial charge in [-0.15, -0.1) is 0 Å². The molecular weight excluding hydrogens is 426 g/mol. The monoisotopic (exact) mass is 461 g/mol. The highest BCUT2D eigenvalue weighted by Gasteiger charge is 2.22. The second kappa shape index (κ2) is 10.8. The number of carbonyl (C=O) groups excluding carboxylic acids is 1. The average molecular weight is 462 g/mol. The summed E-state index contributed by atoms with van der Waals surface area (Å²) in [6, 6.07) is 15.9. The van der Waals surface area contributed by atoms with Crippen molar-refractivity contribution in [3.63, 3.8) is 0 Å². The zero-order valence-corrected chi connectivity index (χ0v) is 20.6. The Morgan fingerprint density at radius 1 is 0.971 bits per heavy atom. The number of aromatic nitrogens is 2. The molecule has 1 aliphatic heterocycles. The summed E-state index contributed by atoms with van der Waals surface area (Å²) in [5, 5.41) is 7.44. The molecule has 6 heteroatoms. The summed E-state index contributed by atoms with van der Waals surface area (Å²) in [4.78, 5) is 15.3. The van der Waals surface area contributed by atoms with Gasteiger partial charge in [-0.3, -0.25) is 9.89 Å². The Morgan fingerprint density at radius 2 is 1.62 bits per heavy atom. The summed E-state index contributed by atoms with van der Waals surface area (Å²) in [6.07, 6.45) is 3.17. The first-order chi connectivity index (χ1) is 16.4. The number of piperidine rings is 1. The van der Waals surface area contributed by atoms with Gasteiger partial charge in [0.2, 0.25) is 0 Å². The number of methoxy groups -OCH3 is 2. The number of nitrogens with one attached hydrogen (secondary N) is 1. The van der Waals surface area contributed by atoms with E-state index in [1.165, 1.54) is 12.1 Å². The number of H-pyrrole nitrogens is 1. The minimum absolute atomic E-state index is 0.0969. The third-order valence-electron chi connectivity index (χ3n) is 6.54. The molecule has 1 N–H and O–H groups in total. The summed E-state index contributed by atoms with van der Waals surface area (Å²) in [5.74, 6) is 3.05. The first-order valence-corrected chi connectivity index (χ1v) is 12.1. The third-order valence-corrected chi connectivity index (χ3v) is 6.54. The van der Waals surface area contributed by atoms with Crippen molar-refractivity contribution in [2.24, 2.45) is 11.8 Å². The van der Waals surface area contributed by atoms with Crippen molar-refractivity contribution in [3.05, 3.63) is 71.0 Å². The molecule has 1 aromatic heterocycles. The highest BCUT2D eigenvalue weighted by molar-refractivity contribution is 5.97. The van der Waals surface area contributed by atoms with Gasteiger partial charge in [0.05, 0.1) is 26.3 Å². The fourth-order valence-corrected chi connectivity index (χ4v) is 4.92. The molecule has 34 heavy (non-hydrogen) atoms. The van der Waals surface area contributed by atoms with E-state index >= 15 is 0 Å². The summed E-state index contributed by atoms with van der Waals surface area (Å²) in [6.45, 7) is 6.79. The van der Waals surface area contributed by atoms with E-state index in [9.17, 15) is 4.79 Å². The Morgan fingerprint density at radius 3 is 2.24 bits per heavy atom. The Labute approximate surface area is 202 Å². The lowest BCUT2D eigenvalue weighted by molar-refractivity contribution is 0.0992. The number of ether oxygens (including phenoxy) is 2. The predicted octanol–water partition coefficient (Wildman–Crippen LogP) is 5.12. The molecule has 2 atom stereocenters. The van der Waals surface area contributed by atoms with E-state index in [1.807, 2.05) is 36.4 Å². The Hall–Kier alpha value is -3.28. The number of aromatic amines is 1. The van der Waals surface area contributed by atoms with Gasteiger partial charge in [-0.05, 0) is 79.1 Å². The minimum atomic E-state index is 0.0969. The summed E-state index contributed by atoms with van der Waals surface area (Å²) in [5.41, 5.74) is 4.84. The van der Waals surface area contributed by atoms with Crippen LogP contribution in [0.4, 0.5) is 5.69 Å². The van der Waals surface area contributed by atoms with Gasteiger partial charge in [0.1, 0.15) is 11.5 Å².